The molecule has 7 heteroatoms. The summed E-state index contributed by atoms with van der Waals surface area (Å²) in [5, 5.41) is 7.32. The fraction of sp³-hybridized carbons (Fsp3) is 0.789. The van der Waals surface area contributed by atoms with Crippen LogP contribution in [0.5, 0.6) is 0 Å². The molecule has 0 aliphatic heterocycles. The molecule has 0 saturated heterocycles. The van der Waals surface area contributed by atoms with Crippen molar-refractivity contribution in [2.75, 3.05) is 6.54 Å². The Balaban J connectivity index is 3.46. The highest BCUT2D eigenvalue weighted by Gasteiger charge is 2.10. The first-order valence-electron chi connectivity index (χ1n) is 9.76. The van der Waals surface area contributed by atoms with E-state index in [1.165, 1.54) is 11.8 Å². The van der Waals surface area contributed by atoms with E-state index in [2.05, 4.69) is 0 Å². The summed E-state index contributed by atoms with van der Waals surface area (Å²) in [6, 6.07) is 0. The van der Waals surface area contributed by atoms with Crippen molar-refractivity contribution in [3.63, 3.8) is 0 Å². The van der Waals surface area contributed by atoms with Crippen LogP contribution in [0.2, 0.25) is 0 Å². The van der Waals surface area contributed by atoms with Crippen molar-refractivity contribution in [3.05, 3.63) is 0 Å². The van der Waals surface area contributed by atoms with Gasteiger partial charge in [0.1, 0.15) is 5.78 Å². The molecule has 0 aliphatic carbocycles. The average Bonchev–Trinajstić information content (AvgIpc) is 2.55. The molecule has 0 fully saturated rings. The summed E-state index contributed by atoms with van der Waals surface area (Å²) in [7, 11) is 0. The molecule has 0 aromatic heterocycles. The first-order chi connectivity index (χ1) is 12.3. The molecule has 0 spiro atoms. The number of hydrogen-bond donors (Lipinski definition) is 3. The predicted octanol–water partition coefficient (Wildman–Crippen LogP) is 2.85. The third-order valence-corrected chi connectivity index (χ3v) is 4.39. The first kappa shape index (κ1) is 24.1. The quantitative estimate of drug-likeness (QED) is 0.220. The van der Waals surface area contributed by atoms with Crippen LogP contribution < -0.4 is 11.5 Å². The van der Waals surface area contributed by atoms with Crippen molar-refractivity contribution >= 4 is 23.6 Å². The maximum atomic E-state index is 11.8. The maximum Gasteiger partial charge on any atom is 0.226 e. The van der Waals surface area contributed by atoms with Gasteiger partial charge in [0.2, 0.25) is 11.8 Å². The Morgan fingerprint density at radius 2 is 1.15 bits per heavy atom. The van der Waals surface area contributed by atoms with Gasteiger partial charge in [0.05, 0.1) is 0 Å². The van der Waals surface area contributed by atoms with Gasteiger partial charge in [-0.15, -0.1) is 0 Å². The van der Waals surface area contributed by atoms with E-state index in [1.54, 1.807) is 0 Å². The van der Waals surface area contributed by atoms with Crippen LogP contribution in [0.15, 0.2) is 0 Å². The van der Waals surface area contributed by atoms with Crippen LogP contribution in [-0.4, -0.2) is 35.0 Å². The van der Waals surface area contributed by atoms with E-state index < -0.39 is 0 Å². The number of carbonyl (C=O) groups is 3. The topological polar surface area (TPSA) is 130 Å². The van der Waals surface area contributed by atoms with E-state index in [4.69, 9.17) is 16.9 Å². The van der Waals surface area contributed by atoms with Crippen molar-refractivity contribution in [2.24, 2.45) is 11.5 Å². The molecule has 0 aromatic carbocycles. The van der Waals surface area contributed by atoms with Gasteiger partial charge in [-0.1, -0.05) is 38.5 Å². The fourth-order valence-electron chi connectivity index (χ4n) is 2.85. The Morgan fingerprint density at radius 1 is 0.731 bits per heavy atom. The van der Waals surface area contributed by atoms with Crippen LogP contribution in [0.3, 0.4) is 0 Å². The summed E-state index contributed by atoms with van der Waals surface area (Å²) >= 11 is 0. The van der Waals surface area contributed by atoms with E-state index >= 15 is 0 Å². The second kappa shape index (κ2) is 15.3. The molecule has 0 aromatic rings. The van der Waals surface area contributed by atoms with Gasteiger partial charge in [0, 0.05) is 32.7 Å². The van der Waals surface area contributed by atoms with Crippen molar-refractivity contribution in [2.45, 2.75) is 90.4 Å². The first-order valence-corrected chi connectivity index (χ1v) is 9.76. The number of rotatable bonds is 16. The third-order valence-electron chi connectivity index (χ3n) is 4.39. The lowest BCUT2D eigenvalue weighted by molar-refractivity contribution is -0.125. The highest BCUT2D eigenvalue weighted by molar-refractivity contribution is 5.93. The lowest BCUT2D eigenvalue weighted by atomic mass is 10.0. The number of carbonyl (C=O) groups excluding carboxylic acids is 3. The largest absolute Gasteiger partial charge is 0.370 e. The van der Waals surface area contributed by atoms with Crippen LogP contribution in [0.4, 0.5) is 0 Å². The van der Waals surface area contributed by atoms with Crippen LogP contribution in [0, 0.1) is 5.41 Å². The van der Waals surface area contributed by atoms with Gasteiger partial charge in [-0.2, -0.15) is 0 Å². The number of nitrogens with one attached hydrogen (secondary N) is 1. The predicted molar refractivity (Wildman–Crippen MR) is 104 cm³/mol. The summed E-state index contributed by atoms with van der Waals surface area (Å²) in [6.07, 6.45) is 11.5. The molecule has 0 rings (SSSR count). The number of guanidine groups is 1. The fourth-order valence-corrected chi connectivity index (χ4v) is 2.85. The number of primary amides is 1. The standard InChI is InChI=1S/C19H36N4O3/c1-16(24)23(19(21)22)15-11-7-9-13-17(25)12-8-5-3-2-4-6-10-14-18(20)26/h2-15H2,1H3,(H2,20,26)(H3,21,22). The smallest absolute Gasteiger partial charge is 0.226 e. The molecule has 26 heavy (non-hydrogen) atoms. The van der Waals surface area contributed by atoms with Gasteiger partial charge in [-0.25, -0.2) is 0 Å². The minimum absolute atomic E-state index is 0.221. The van der Waals surface area contributed by atoms with Gasteiger partial charge < -0.3 is 11.5 Å². The lowest BCUT2D eigenvalue weighted by Crippen LogP contribution is -2.40. The number of hydrogen-bond acceptors (Lipinski definition) is 4. The van der Waals surface area contributed by atoms with Crippen molar-refractivity contribution in [1.29, 1.82) is 5.41 Å². The Hall–Kier alpha value is -1.92. The number of unbranched alkanes of at least 4 members (excludes halogenated alkanes) is 8. The van der Waals surface area contributed by atoms with Gasteiger partial charge in [-0.3, -0.25) is 24.7 Å². The second-order valence-corrected chi connectivity index (χ2v) is 6.85. The second-order valence-electron chi connectivity index (χ2n) is 6.85. The SMILES string of the molecule is CC(=O)N(CCCCCC(=O)CCCCCCCCCC(N)=O)C(=N)N. The minimum atomic E-state index is -0.224. The van der Waals surface area contributed by atoms with E-state index in [0.717, 1.165) is 64.2 Å². The van der Waals surface area contributed by atoms with Crippen LogP contribution >= 0.6 is 0 Å². The van der Waals surface area contributed by atoms with Crippen LogP contribution in [-0.2, 0) is 14.4 Å². The average molecular weight is 369 g/mol. The van der Waals surface area contributed by atoms with Crippen LogP contribution in [0.25, 0.3) is 0 Å². The summed E-state index contributed by atoms with van der Waals surface area (Å²) < 4.78 is 0. The van der Waals surface area contributed by atoms with Crippen molar-refractivity contribution in [3.8, 4) is 0 Å². The summed E-state index contributed by atoms with van der Waals surface area (Å²) in [4.78, 5) is 34.9. The zero-order valence-electron chi connectivity index (χ0n) is 16.2. The molecule has 0 aliphatic rings. The van der Waals surface area contributed by atoms with Crippen LogP contribution in [0.1, 0.15) is 90.4 Å². The number of ketones is 1. The molecule has 0 saturated carbocycles. The highest BCUT2D eigenvalue weighted by atomic mass is 16.2. The molecular weight excluding hydrogens is 332 g/mol. The molecular formula is C19H36N4O3. The zero-order chi connectivity index (χ0) is 19.8. The minimum Gasteiger partial charge on any atom is -0.370 e. The van der Waals surface area contributed by atoms with Crippen molar-refractivity contribution in [1.82, 2.24) is 4.90 Å². The van der Waals surface area contributed by atoms with Gasteiger partial charge in [-0.05, 0) is 25.7 Å². The Bertz CT molecular complexity index is 438. The van der Waals surface area contributed by atoms with Gasteiger partial charge in [0.15, 0.2) is 5.96 Å². The van der Waals surface area contributed by atoms with E-state index in [-0.39, 0.29) is 17.8 Å². The normalized spacial score (nSPS) is 10.5. The van der Waals surface area contributed by atoms with Crippen molar-refractivity contribution < 1.29 is 14.4 Å². The number of amides is 2. The van der Waals surface area contributed by atoms with E-state index in [0.29, 0.717) is 31.6 Å². The van der Waals surface area contributed by atoms with E-state index in [9.17, 15) is 14.4 Å². The Kier molecular flexibility index (Phi) is 14.2. The van der Waals surface area contributed by atoms with Gasteiger partial charge >= 0.3 is 0 Å². The molecule has 0 radical (unpaired) electrons. The molecule has 0 bridgehead atoms. The highest BCUT2D eigenvalue weighted by Crippen LogP contribution is 2.11. The molecule has 5 N–H and O–H groups in total. The molecule has 0 heterocycles. The number of Topliss-reactive ketones (excluding diaryl/α,β-unsaturated/α-hetero) is 1. The Labute approximate surface area is 157 Å². The molecule has 150 valence electrons. The van der Waals surface area contributed by atoms with E-state index in [1.807, 2.05) is 0 Å². The molecule has 0 atom stereocenters. The molecule has 2 amide bonds. The maximum absolute atomic E-state index is 11.8. The molecule has 7 nitrogen and oxygen atoms in total. The zero-order valence-corrected chi connectivity index (χ0v) is 16.2. The lowest BCUT2D eigenvalue weighted by Gasteiger charge is -2.18. The Morgan fingerprint density at radius 3 is 1.58 bits per heavy atom. The molecule has 0 unspecified atom stereocenters. The third kappa shape index (κ3) is 14.4. The van der Waals surface area contributed by atoms with Gasteiger partial charge in [0.25, 0.3) is 0 Å². The number of nitrogens with zero attached hydrogens (tertiary/aromatic N) is 1. The summed E-state index contributed by atoms with van der Waals surface area (Å²) in [5.74, 6) is -0.358. The number of nitrogens with two attached hydrogens (primary N) is 2. The summed E-state index contributed by atoms with van der Waals surface area (Å²) in [5.41, 5.74) is 10.4. The summed E-state index contributed by atoms with van der Waals surface area (Å²) in [6.45, 7) is 1.84. The monoisotopic (exact) mass is 368 g/mol.